The van der Waals surface area contributed by atoms with E-state index in [-0.39, 0.29) is 6.04 Å². The van der Waals surface area contributed by atoms with Gasteiger partial charge >= 0.3 is 0 Å². The number of benzene rings is 1. The Bertz CT molecular complexity index is 488. The van der Waals surface area contributed by atoms with Gasteiger partial charge in [0.1, 0.15) is 0 Å². The highest BCUT2D eigenvalue weighted by Crippen LogP contribution is 2.27. The summed E-state index contributed by atoms with van der Waals surface area (Å²) in [5, 5.41) is 9.33. The lowest BCUT2D eigenvalue weighted by Gasteiger charge is -2.24. The largest absolute Gasteiger partial charge is 0.185 e. The van der Waals surface area contributed by atoms with Crippen LogP contribution in [-0.2, 0) is 0 Å². The molecule has 0 amide bonds. The van der Waals surface area contributed by atoms with E-state index in [1.54, 1.807) is 0 Å². The van der Waals surface area contributed by atoms with Crippen molar-refractivity contribution in [1.29, 1.82) is 0 Å². The van der Waals surface area contributed by atoms with Crippen LogP contribution < -0.4 is 0 Å². The smallest absolute Gasteiger partial charge is 0.0914 e. The molecule has 0 saturated heterocycles. The molecule has 122 valence electrons. The SMILES string of the molecule is CC/C(C)=C(/N=NC(C)[C@H](CC)[C@H](C)CC)c1ccccc1. The summed E-state index contributed by atoms with van der Waals surface area (Å²) in [4.78, 5) is 0. The van der Waals surface area contributed by atoms with Crippen molar-refractivity contribution in [3.05, 3.63) is 41.5 Å². The van der Waals surface area contributed by atoms with E-state index in [0.29, 0.717) is 11.8 Å². The maximum atomic E-state index is 4.68. The fraction of sp³-hybridized carbons (Fsp3) is 0.600. The van der Waals surface area contributed by atoms with Gasteiger partial charge in [0.2, 0.25) is 0 Å². The molecule has 0 saturated carbocycles. The van der Waals surface area contributed by atoms with Crippen LogP contribution in [0.15, 0.2) is 46.1 Å². The van der Waals surface area contributed by atoms with Crippen molar-refractivity contribution in [2.45, 2.75) is 66.8 Å². The standard InChI is InChI=1S/C20H32N2/c1-7-15(4)19(9-3)17(6)21-22-20(16(5)8-2)18-13-11-10-12-14-18/h10-15,17,19H,7-9H2,1-6H3/b20-16+,22-21?/t15-,17?,19-/m1/s1. The van der Waals surface area contributed by atoms with Crippen LogP contribution in [-0.4, -0.2) is 6.04 Å². The highest BCUT2D eigenvalue weighted by molar-refractivity contribution is 5.66. The molecular formula is C20H32N2. The molecule has 0 N–H and O–H groups in total. The average molecular weight is 300 g/mol. The van der Waals surface area contributed by atoms with E-state index in [4.69, 9.17) is 0 Å². The molecule has 2 nitrogen and oxygen atoms in total. The molecule has 0 aliphatic heterocycles. The summed E-state index contributed by atoms with van der Waals surface area (Å²) in [7, 11) is 0. The van der Waals surface area contributed by atoms with Crippen molar-refractivity contribution in [2.24, 2.45) is 22.1 Å². The van der Waals surface area contributed by atoms with Crippen LogP contribution in [0.2, 0.25) is 0 Å². The van der Waals surface area contributed by atoms with Crippen LogP contribution in [0, 0.1) is 11.8 Å². The lowest BCUT2D eigenvalue weighted by Crippen LogP contribution is -2.21. The van der Waals surface area contributed by atoms with Crippen molar-refractivity contribution in [3.63, 3.8) is 0 Å². The van der Waals surface area contributed by atoms with Crippen LogP contribution in [0.4, 0.5) is 0 Å². The molecule has 1 aromatic rings. The second-order valence-electron chi connectivity index (χ2n) is 6.26. The highest BCUT2D eigenvalue weighted by Gasteiger charge is 2.20. The first-order valence-corrected chi connectivity index (χ1v) is 8.71. The Morgan fingerprint density at radius 1 is 1.00 bits per heavy atom. The molecule has 22 heavy (non-hydrogen) atoms. The number of azo groups is 1. The third-order valence-electron chi connectivity index (χ3n) is 4.79. The van der Waals surface area contributed by atoms with E-state index < -0.39 is 0 Å². The van der Waals surface area contributed by atoms with Gasteiger partial charge in [-0.3, -0.25) is 0 Å². The lowest BCUT2D eigenvalue weighted by atomic mass is 9.85. The summed E-state index contributed by atoms with van der Waals surface area (Å²) in [6.07, 6.45) is 3.36. The van der Waals surface area contributed by atoms with E-state index in [0.717, 1.165) is 24.1 Å². The summed E-state index contributed by atoms with van der Waals surface area (Å²) < 4.78 is 0. The van der Waals surface area contributed by atoms with Gasteiger partial charge in [0, 0.05) is 5.56 Å². The molecule has 1 aromatic carbocycles. The Balaban J connectivity index is 3.00. The van der Waals surface area contributed by atoms with Gasteiger partial charge in [0.25, 0.3) is 0 Å². The van der Waals surface area contributed by atoms with E-state index >= 15 is 0 Å². The monoisotopic (exact) mass is 300 g/mol. The molecular weight excluding hydrogens is 268 g/mol. The first kappa shape index (κ1) is 18.6. The molecule has 1 unspecified atom stereocenters. The molecule has 1 rings (SSSR count). The molecule has 0 aliphatic carbocycles. The molecule has 0 spiro atoms. The van der Waals surface area contributed by atoms with E-state index in [9.17, 15) is 0 Å². The fourth-order valence-electron chi connectivity index (χ4n) is 2.91. The quantitative estimate of drug-likeness (QED) is 0.475. The second-order valence-corrected chi connectivity index (χ2v) is 6.26. The number of hydrogen-bond donors (Lipinski definition) is 0. The first-order valence-electron chi connectivity index (χ1n) is 8.71. The summed E-state index contributed by atoms with van der Waals surface area (Å²) in [5.74, 6) is 1.29. The molecule has 0 aromatic heterocycles. The zero-order valence-electron chi connectivity index (χ0n) is 15.1. The van der Waals surface area contributed by atoms with Crippen LogP contribution in [0.1, 0.15) is 66.4 Å². The molecule has 0 radical (unpaired) electrons. The Kier molecular flexibility index (Phi) is 8.08. The maximum Gasteiger partial charge on any atom is 0.0914 e. The lowest BCUT2D eigenvalue weighted by molar-refractivity contribution is 0.290. The van der Waals surface area contributed by atoms with Crippen LogP contribution in [0.5, 0.6) is 0 Å². The predicted molar refractivity (Wildman–Crippen MR) is 96.9 cm³/mol. The van der Waals surface area contributed by atoms with Gasteiger partial charge in [0.05, 0.1) is 11.7 Å². The fourth-order valence-corrected chi connectivity index (χ4v) is 2.91. The first-order chi connectivity index (χ1) is 10.5. The normalized spacial score (nSPS) is 17.2. The Labute approximate surface area is 136 Å². The summed E-state index contributed by atoms with van der Waals surface area (Å²) in [6.45, 7) is 13.4. The van der Waals surface area contributed by atoms with Gasteiger partial charge < -0.3 is 0 Å². The minimum atomic E-state index is 0.267. The molecule has 0 aliphatic rings. The molecule has 2 heteroatoms. The average Bonchev–Trinajstić information content (AvgIpc) is 2.56. The Morgan fingerprint density at radius 3 is 2.14 bits per heavy atom. The Morgan fingerprint density at radius 2 is 1.64 bits per heavy atom. The molecule has 0 fully saturated rings. The van der Waals surface area contributed by atoms with Crippen molar-refractivity contribution in [1.82, 2.24) is 0 Å². The van der Waals surface area contributed by atoms with E-state index in [2.05, 4.69) is 76.0 Å². The van der Waals surface area contributed by atoms with Crippen molar-refractivity contribution in [2.75, 3.05) is 0 Å². The van der Waals surface area contributed by atoms with E-state index in [1.807, 2.05) is 6.07 Å². The van der Waals surface area contributed by atoms with Gasteiger partial charge in [-0.05, 0) is 37.7 Å². The predicted octanol–water partition coefficient (Wildman–Crippen LogP) is 6.74. The zero-order valence-corrected chi connectivity index (χ0v) is 15.1. The maximum absolute atomic E-state index is 4.68. The van der Waals surface area contributed by atoms with Gasteiger partial charge in [-0.15, -0.1) is 0 Å². The molecule has 0 bridgehead atoms. The van der Waals surface area contributed by atoms with Crippen LogP contribution >= 0.6 is 0 Å². The minimum absolute atomic E-state index is 0.267. The van der Waals surface area contributed by atoms with Crippen molar-refractivity contribution < 1.29 is 0 Å². The second kappa shape index (κ2) is 9.55. The van der Waals surface area contributed by atoms with Gasteiger partial charge in [0.15, 0.2) is 0 Å². The third kappa shape index (κ3) is 5.08. The number of hydrogen-bond acceptors (Lipinski definition) is 2. The zero-order chi connectivity index (χ0) is 16.5. The number of rotatable bonds is 8. The van der Waals surface area contributed by atoms with Gasteiger partial charge in [-0.25, -0.2) is 0 Å². The van der Waals surface area contributed by atoms with Crippen molar-refractivity contribution >= 4 is 5.70 Å². The molecule has 0 heterocycles. The minimum Gasteiger partial charge on any atom is -0.185 e. The van der Waals surface area contributed by atoms with E-state index in [1.165, 1.54) is 12.0 Å². The third-order valence-corrected chi connectivity index (χ3v) is 4.79. The molecule has 3 atom stereocenters. The van der Waals surface area contributed by atoms with Crippen LogP contribution in [0.3, 0.4) is 0 Å². The Hall–Kier alpha value is -1.44. The van der Waals surface area contributed by atoms with Crippen molar-refractivity contribution in [3.8, 4) is 0 Å². The number of allylic oxidation sites excluding steroid dienone is 1. The summed E-state index contributed by atoms with van der Waals surface area (Å²) >= 11 is 0. The number of nitrogens with zero attached hydrogens (tertiary/aromatic N) is 2. The van der Waals surface area contributed by atoms with Crippen LogP contribution in [0.25, 0.3) is 5.70 Å². The van der Waals surface area contributed by atoms with Gasteiger partial charge in [-0.1, -0.05) is 70.9 Å². The summed E-state index contributed by atoms with van der Waals surface area (Å²) in [6, 6.07) is 10.7. The highest BCUT2D eigenvalue weighted by atomic mass is 15.1. The van der Waals surface area contributed by atoms with Gasteiger partial charge in [-0.2, -0.15) is 10.2 Å². The topological polar surface area (TPSA) is 24.7 Å². The summed E-state index contributed by atoms with van der Waals surface area (Å²) in [5.41, 5.74) is 3.49.